The molecule has 0 aliphatic heterocycles. The van der Waals surface area contributed by atoms with E-state index in [9.17, 15) is 9.59 Å². The third kappa shape index (κ3) is 4.71. The Morgan fingerprint density at radius 3 is 2.04 bits per heavy atom. The van der Waals surface area contributed by atoms with Crippen LogP contribution in [-0.4, -0.2) is 32.8 Å². The van der Waals surface area contributed by atoms with Crippen molar-refractivity contribution in [3.8, 4) is 5.75 Å². The minimum Gasteiger partial charge on any atom is -0.489 e. The van der Waals surface area contributed by atoms with Crippen LogP contribution in [0, 0.1) is 0 Å². The number of methoxy groups -OCH3 is 2. The lowest BCUT2D eigenvalue weighted by atomic mass is 10.1. The molecule has 5 nitrogen and oxygen atoms in total. The fourth-order valence-electron chi connectivity index (χ4n) is 2.05. The zero-order valence-electron chi connectivity index (χ0n) is 13.5. The number of benzene rings is 2. The van der Waals surface area contributed by atoms with Crippen molar-refractivity contribution >= 4 is 18.0 Å². The first-order valence-electron chi connectivity index (χ1n) is 7.30. The highest BCUT2D eigenvalue weighted by molar-refractivity contribution is 5.96. The standard InChI is InChI=1S/C19H18O5/c1-22-18(20)15-11-16(19(21)23-2)13-17(12-15)24-10-6-9-14-7-4-3-5-8-14/h3-9,11-13H,10H2,1-2H3/b9-6+. The lowest BCUT2D eigenvalue weighted by molar-refractivity contribution is 0.0598. The van der Waals surface area contributed by atoms with Crippen molar-refractivity contribution in [2.75, 3.05) is 20.8 Å². The summed E-state index contributed by atoms with van der Waals surface area (Å²) in [6.45, 7) is 0.292. The zero-order valence-corrected chi connectivity index (χ0v) is 13.5. The molecule has 0 aliphatic rings. The Bertz CT molecular complexity index is 700. The Balaban J connectivity index is 2.12. The summed E-state index contributed by atoms with van der Waals surface area (Å²) in [5.41, 5.74) is 1.50. The van der Waals surface area contributed by atoms with Crippen LogP contribution < -0.4 is 4.74 Å². The molecule has 5 heteroatoms. The van der Waals surface area contributed by atoms with E-state index in [-0.39, 0.29) is 11.1 Å². The monoisotopic (exact) mass is 326 g/mol. The molecule has 2 aromatic rings. The van der Waals surface area contributed by atoms with Crippen LogP contribution in [0.25, 0.3) is 6.08 Å². The van der Waals surface area contributed by atoms with Gasteiger partial charge in [0, 0.05) is 0 Å². The molecule has 0 heterocycles. The van der Waals surface area contributed by atoms with Gasteiger partial charge in [-0.15, -0.1) is 0 Å². The number of hydrogen-bond donors (Lipinski definition) is 0. The Morgan fingerprint density at radius 1 is 0.917 bits per heavy atom. The average Bonchev–Trinajstić information content (AvgIpc) is 2.64. The van der Waals surface area contributed by atoms with Crippen molar-refractivity contribution in [1.29, 1.82) is 0 Å². The van der Waals surface area contributed by atoms with Gasteiger partial charge in [-0.3, -0.25) is 0 Å². The van der Waals surface area contributed by atoms with Crippen LogP contribution >= 0.6 is 0 Å². The van der Waals surface area contributed by atoms with Crippen LogP contribution in [0.15, 0.2) is 54.6 Å². The molecule has 0 atom stereocenters. The number of rotatable bonds is 6. The van der Waals surface area contributed by atoms with Gasteiger partial charge in [-0.25, -0.2) is 9.59 Å². The Labute approximate surface area is 140 Å². The summed E-state index contributed by atoms with van der Waals surface area (Å²) in [5, 5.41) is 0. The predicted octanol–water partition coefficient (Wildman–Crippen LogP) is 3.35. The molecule has 0 aromatic heterocycles. The van der Waals surface area contributed by atoms with E-state index in [4.69, 9.17) is 4.74 Å². The molecule has 24 heavy (non-hydrogen) atoms. The van der Waals surface area contributed by atoms with E-state index in [0.717, 1.165) is 5.56 Å². The maximum absolute atomic E-state index is 11.7. The van der Waals surface area contributed by atoms with Crippen LogP contribution in [0.4, 0.5) is 0 Å². The Kier molecular flexibility index (Phi) is 6.14. The molecule has 0 saturated heterocycles. The van der Waals surface area contributed by atoms with Crippen molar-refractivity contribution in [1.82, 2.24) is 0 Å². The SMILES string of the molecule is COC(=O)c1cc(OC/C=C/c2ccccc2)cc(C(=O)OC)c1. The largest absolute Gasteiger partial charge is 0.489 e. The first kappa shape index (κ1) is 17.3. The van der Waals surface area contributed by atoms with Crippen LogP contribution in [0.2, 0.25) is 0 Å². The normalized spacial score (nSPS) is 10.4. The summed E-state index contributed by atoms with van der Waals surface area (Å²) in [4.78, 5) is 23.4. The molecular formula is C19H18O5. The van der Waals surface area contributed by atoms with Crippen LogP contribution in [0.5, 0.6) is 5.75 Å². The third-order valence-electron chi connectivity index (χ3n) is 3.20. The first-order chi connectivity index (χ1) is 11.6. The van der Waals surface area contributed by atoms with Gasteiger partial charge >= 0.3 is 11.9 Å². The van der Waals surface area contributed by atoms with E-state index in [2.05, 4.69) is 9.47 Å². The summed E-state index contributed by atoms with van der Waals surface area (Å²) >= 11 is 0. The molecule has 2 aromatic carbocycles. The third-order valence-corrected chi connectivity index (χ3v) is 3.20. The molecule has 2 rings (SSSR count). The minimum absolute atomic E-state index is 0.224. The van der Waals surface area contributed by atoms with Crippen molar-refractivity contribution < 1.29 is 23.8 Å². The molecule has 0 radical (unpaired) electrons. The fraction of sp³-hybridized carbons (Fsp3) is 0.158. The molecule has 0 aliphatic carbocycles. The Morgan fingerprint density at radius 2 is 1.50 bits per heavy atom. The van der Waals surface area contributed by atoms with E-state index in [0.29, 0.717) is 12.4 Å². The first-order valence-corrected chi connectivity index (χ1v) is 7.30. The van der Waals surface area contributed by atoms with E-state index in [1.807, 2.05) is 42.5 Å². The highest BCUT2D eigenvalue weighted by Gasteiger charge is 2.14. The van der Waals surface area contributed by atoms with Gasteiger partial charge in [0.15, 0.2) is 0 Å². The topological polar surface area (TPSA) is 61.8 Å². The summed E-state index contributed by atoms with van der Waals surface area (Å²) in [5.74, 6) is -0.716. The van der Waals surface area contributed by atoms with Crippen molar-refractivity contribution in [3.63, 3.8) is 0 Å². The van der Waals surface area contributed by atoms with Crippen LogP contribution in [0.1, 0.15) is 26.3 Å². The summed E-state index contributed by atoms with van der Waals surface area (Å²) in [7, 11) is 2.55. The zero-order chi connectivity index (χ0) is 17.4. The second-order valence-corrected chi connectivity index (χ2v) is 4.85. The second-order valence-electron chi connectivity index (χ2n) is 4.85. The molecule has 0 saturated carbocycles. The average molecular weight is 326 g/mol. The number of esters is 2. The van der Waals surface area contributed by atoms with Crippen molar-refractivity contribution in [3.05, 3.63) is 71.3 Å². The van der Waals surface area contributed by atoms with Gasteiger partial charge in [0.1, 0.15) is 12.4 Å². The lowest BCUT2D eigenvalue weighted by Crippen LogP contribution is -2.07. The fourth-order valence-corrected chi connectivity index (χ4v) is 2.05. The van der Waals surface area contributed by atoms with Gasteiger partial charge in [-0.1, -0.05) is 36.4 Å². The summed E-state index contributed by atoms with van der Waals surface area (Å²) in [6, 6.07) is 14.2. The second kappa shape index (κ2) is 8.53. The van der Waals surface area contributed by atoms with E-state index in [1.165, 1.54) is 32.4 Å². The molecule has 0 N–H and O–H groups in total. The Hall–Kier alpha value is -3.08. The molecule has 0 unspecified atom stereocenters. The summed E-state index contributed by atoms with van der Waals surface area (Å²) in [6.07, 6.45) is 3.77. The molecular weight excluding hydrogens is 308 g/mol. The van der Waals surface area contributed by atoms with E-state index in [1.54, 1.807) is 0 Å². The molecule has 124 valence electrons. The van der Waals surface area contributed by atoms with Gasteiger partial charge in [0.25, 0.3) is 0 Å². The van der Waals surface area contributed by atoms with Crippen molar-refractivity contribution in [2.24, 2.45) is 0 Å². The van der Waals surface area contributed by atoms with Gasteiger partial charge in [0.2, 0.25) is 0 Å². The highest BCUT2D eigenvalue weighted by atomic mass is 16.5. The maximum Gasteiger partial charge on any atom is 0.338 e. The van der Waals surface area contributed by atoms with Crippen molar-refractivity contribution in [2.45, 2.75) is 0 Å². The van der Waals surface area contributed by atoms with E-state index >= 15 is 0 Å². The maximum atomic E-state index is 11.7. The molecule has 0 bridgehead atoms. The van der Waals surface area contributed by atoms with Gasteiger partial charge in [-0.2, -0.15) is 0 Å². The smallest absolute Gasteiger partial charge is 0.338 e. The van der Waals surface area contributed by atoms with Gasteiger partial charge < -0.3 is 14.2 Å². The molecule has 0 amide bonds. The van der Waals surface area contributed by atoms with Gasteiger partial charge in [0.05, 0.1) is 25.3 Å². The quantitative estimate of drug-likeness (QED) is 0.762. The van der Waals surface area contributed by atoms with Crippen LogP contribution in [0.3, 0.4) is 0 Å². The molecule has 0 fully saturated rings. The van der Waals surface area contributed by atoms with E-state index < -0.39 is 11.9 Å². The predicted molar refractivity (Wildman–Crippen MR) is 90.1 cm³/mol. The molecule has 0 spiro atoms. The van der Waals surface area contributed by atoms with Crippen LogP contribution in [-0.2, 0) is 9.47 Å². The number of ether oxygens (including phenoxy) is 3. The number of carbonyl (C=O) groups is 2. The summed E-state index contributed by atoms with van der Waals surface area (Å²) < 4.78 is 15.0. The lowest BCUT2D eigenvalue weighted by Gasteiger charge is -2.08. The highest BCUT2D eigenvalue weighted by Crippen LogP contribution is 2.19. The number of carbonyl (C=O) groups excluding carboxylic acids is 2. The van der Waals surface area contributed by atoms with Gasteiger partial charge in [-0.05, 0) is 29.8 Å². The number of hydrogen-bond acceptors (Lipinski definition) is 5. The minimum atomic E-state index is -0.551.